The maximum Gasteiger partial charge on any atom is 0.229 e. The Hall–Kier alpha value is -2.57. The predicted molar refractivity (Wildman–Crippen MR) is 69.5 cm³/mol. The first-order valence-corrected chi connectivity index (χ1v) is 5.86. The van der Waals surface area contributed by atoms with Gasteiger partial charge in [-0.15, -0.1) is 0 Å². The van der Waals surface area contributed by atoms with Crippen LogP contribution in [0.5, 0.6) is 0 Å². The van der Waals surface area contributed by atoms with E-state index in [4.69, 9.17) is 5.73 Å². The molecule has 3 N–H and O–H groups in total. The second-order valence-electron chi connectivity index (χ2n) is 4.27. The number of hydrogen-bond acceptors (Lipinski definition) is 2. The Morgan fingerprint density at radius 2 is 1.62 bits per heavy atom. The second-order valence-corrected chi connectivity index (χ2v) is 4.27. The van der Waals surface area contributed by atoms with Crippen LogP contribution in [0.2, 0.25) is 0 Å². The third-order valence-electron chi connectivity index (χ3n) is 2.78. The van der Waals surface area contributed by atoms with E-state index in [1.807, 2.05) is 5.32 Å². The van der Waals surface area contributed by atoms with Gasteiger partial charge in [0.05, 0.1) is 6.42 Å². The Morgan fingerprint density at radius 3 is 2.19 bits per heavy atom. The molecule has 21 heavy (non-hydrogen) atoms. The monoisotopic (exact) mass is 298 g/mol. The van der Waals surface area contributed by atoms with Crippen molar-refractivity contribution in [3.05, 3.63) is 59.2 Å². The predicted octanol–water partition coefficient (Wildman–Crippen LogP) is 3.01. The fraction of sp³-hybridized carbons (Fsp3) is 0.0714. The molecule has 2 rings (SSSR count). The number of halogens is 4. The molecule has 0 aliphatic heterocycles. The number of nitrogen functional groups attached to an aromatic ring is 1. The average molecular weight is 298 g/mol. The summed E-state index contributed by atoms with van der Waals surface area (Å²) >= 11 is 0. The van der Waals surface area contributed by atoms with E-state index in [0.29, 0.717) is 11.3 Å². The zero-order chi connectivity index (χ0) is 15.6. The van der Waals surface area contributed by atoms with Crippen molar-refractivity contribution in [3.8, 4) is 0 Å². The van der Waals surface area contributed by atoms with E-state index in [9.17, 15) is 22.4 Å². The van der Waals surface area contributed by atoms with E-state index in [2.05, 4.69) is 0 Å². The van der Waals surface area contributed by atoms with Gasteiger partial charge in [-0.3, -0.25) is 4.79 Å². The minimum absolute atomic E-state index is 0.0650. The summed E-state index contributed by atoms with van der Waals surface area (Å²) in [6, 6.07) is 6.44. The minimum Gasteiger partial charge on any atom is -0.398 e. The molecular formula is C14H10F4N2O. The summed E-state index contributed by atoms with van der Waals surface area (Å²) in [7, 11) is 0. The molecule has 1 amide bonds. The third-order valence-corrected chi connectivity index (χ3v) is 2.78. The summed E-state index contributed by atoms with van der Waals surface area (Å²) < 4.78 is 52.8. The number of nitrogens with one attached hydrogen (secondary N) is 1. The molecule has 0 radical (unpaired) electrons. The Labute approximate surface area is 117 Å². The van der Waals surface area contributed by atoms with E-state index in [1.54, 1.807) is 24.3 Å². The fourth-order valence-corrected chi connectivity index (χ4v) is 1.73. The Kier molecular flexibility index (Phi) is 4.11. The molecule has 2 aromatic carbocycles. The Balaban J connectivity index is 2.23. The van der Waals surface area contributed by atoms with Crippen LogP contribution in [-0.4, -0.2) is 5.91 Å². The molecule has 0 aliphatic carbocycles. The van der Waals surface area contributed by atoms with Gasteiger partial charge in [-0.05, 0) is 11.6 Å². The molecule has 3 nitrogen and oxygen atoms in total. The van der Waals surface area contributed by atoms with Crippen molar-refractivity contribution in [2.45, 2.75) is 6.42 Å². The number of carbonyl (C=O) groups excluding carboxylic acids is 1. The van der Waals surface area contributed by atoms with Crippen LogP contribution in [0.1, 0.15) is 5.56 Å². The maximum atomic E-state index is 13.4. The molecule has 0 saturated carbocycles. The SMILES string of the molecule is Nc1ccccc1CC(=O)Nc1c(F)c(F)cc(F)c1F. The highest BCUT2D eigenvalue weighted by Crippen LogP contribution is 2.24. The number of amides is 1. The van der Waals surface area contributed by atoms with Gasteiger partial charge in [0.1, 0.15) is 5.69 Å². The molecule has 0 atom stereocenters. The molecule has 2 aromatic rings. The van der Waals surface area contributed by atoms with Crippen molar-refractivity contribution in [1.82, 2.24) is 0 Å². The lowest BCUT2D eigenvalue weighted by Crippen LogP contribution is -2.18. The van der Waals surface area contributed by atoms with Gasteiger partial charge in [0, 0.05) is 11.8 Å². The second kappa shape index (κ2) is 5.82. The van der Waals surface area contributed by atoms with Gasteiger partial charge >= 0.3 is 0 Å². The lowest BCUT2D eigenvalue weighted by molar-refractivity contribution is -0.115. The number of anilines is 2. The summed E-state index contributed by atoms with van der Waals surface area (Å²) in [5, 5.41) is 1.81. The van der Waals surface area contributed by atoms with Gasteiger partial charge in [0.15, 0.2) is 23.3 Å². The van der Waals surface area contributed by atoms with Gasteiger partial charge in [0.2, 0.25) is 5.91 Å². The van der Waals surface area contributed by atoms with E-state index in [-0.39, 0.29) is 12.5 Å². The van der Waals surface area contributed by atoms with E-state index in [0.717, 1.165) is 0 Å². The van der Waals surface area contributed by atoms with Gasteiger partial charge in [-0.2, -0.15) is 0 Å². The summed E-state index contributed by atoms with van der Waals surface area (Å²) in [5.74, 6) is -7.37. The minimum atomic E-state index is -1.66. The normalized spacial score (nSPS) is 10.5. The zero-order valence-corrected chi connectivity index (χ0v) is 10.6. The van der Waals surface area contributed by atoms with Crippen molar-refractivity contribution in [3.63, 3.8) is 0 Å². The Bertz CT molecular complexity index is 677. The number of hydrogen-bond donors (Lipinski definition) is 2. The molecule has 0 unspecified atom stereocenters. The van der Waals surface area contributed by atoms with Crippen LogP contribution < -0.4 is 11.1 Å². The first-order valence-electron chi connectivity index (χ1n) is 5.86. The molecule has 0 fully saturated rings. The van der Waals surface area contributed by atoms with Crippen LogP contribution >= 0.6 is 0 Å². The first-order chi connectivity index (χ1) is 9.90. The molecule has 0 spiro atoms. The van der Waals surface area contributed by atoms with Gasteiger partial charge in [-0.25, -0.2) is 17.6 Å². The molecule has 0 heterocycles. The van der Waals surface area contributed by atoms with Crippen molar-refractivity contribution in [2.75, 3.05) is 11.1 Å². The summed E-state index contributed by atoms with van der Waals surface area (Å²) in [5.41, 5.74) is 5.20. The molecular weight excluding hydrogens is 288 g/mol. The van der Waals surface area contributed by atoms with Crippen LogP contribution in [0.4, 0.5) is 28.9 Å². The largest absolute Gasteiger partial charge is 0.398 e. The highest BCUT2D eigenvalue weighted by molar-refractivity contribution is 5.93. The average Bonchev–Trinajstić information content (AvgIpc) is 2.44. The third kappa shape index (κ3) is 3.13. The number of carbonyl (C=O) groups is 1. The highest BCUT2D eigenvalue weighted by Gasteiger charge is 2.21. The zero-order valence-electron chi connectivity index (χ0n) is 10.6. The fourth-order valence-electron chi connectivity index (χ4n) is 1.73. The van der Waals surface area contributed by atoms with E-state index < -0.39 is 34.9 Å². The van der Waals surface area contributed by atoms with E-state index >= 15 is 0 Å². The summed E-state index contributed by atoms with van der Waals surface area (Å²) in [6.07, 6.45) is -0.288. The lowest BCUT2D eigenvalue weighted by Gasteiger charge is -2.10. The molecule has 110 valence electrons. The molecule has 0 aromatic heterocycles. The Morgan fingerprint density at radius 1 is 1.05 bits per heavy atom. The van der Waals surface area contributed by atoms with Gasteiger partial charge in [0.25, 0.3) is 0 Å². The molecule has 7 heteroatoms. The lowest BCUT2D eigenvalue weighted by atomic mass is 10.1. The molecule has 0 saturated heterocycles. The topological polar surface area (TPSA) is 55.1 Å². The summed E-state index contributed by atoms with van der Waals surface area (Å²) in [4.78, 5) is 11.7. The van der Waals surface area contributed by atoms with E-state index in [1.165, 1.54) is 0 Å². The number of rotatable bonds is 3. The highest BCUT2D eigenvalue weighted by atomic mass is 19.2. The van der Waals surface area contributed by atoms with Crippen molar-refractivity contribution >= 4 is 17.3 Å². The maximum absolute atomic E-state index is 13.4. The van der Waals surface area contributed by atoms with Gasteiger partial charge in [-0.1, -0.05) is 18.2 Å². The quantitative estimate of drug-likeness (QED) is 0.520. The number of para-hydroxylation sites is 1. The van der Waals surface area contributed by atoms with Crippen molar-refractivity contribution in [1.29, 1.82) is 0 Å². The van der Waals surface area contributed by atoms with Crippen molar-refractivity contribution in [2.24, 2.45) is 0 Å². The van der Waals surface area contributed by atoms with Gasteiger partial charge < -0.3 is 11.1 Å². The van der Waals surface area contributed by atoms with Crippen LogP contribution in [0.3, 0.4) is 0 Å². The van der Waals surface area contributed by atoms with Crippen molar-refractivity contribution < 1.29 is 22.4 Å². The first kappa shape index (κ1) is 14.8. The number of nitrogens with two attached hydrogens (primary N) is 1. The van der Waals surface area contributed by atoms with Crippen LogP contribution in [0.25, 0.3) is 0 Å². The smallest absolute Gasteiger partial charge is 0.229 e. The van der Waals surface area contributed by atoms with Crippen LogP contribution in [0.15, 0.2) is 30.3 Å². The molecule has 0 bridgehead atoms. The van der Waals surface area contributed by atoms with Crippen LogP contribution in [-0.2, 0) is 11.2 Å². The van der Waals surface area contributed by atoms with Crippen LogP contribution in [0, 0.1) is 23.3 Å². The number of benzene rings is 2. The summed E-state index contributed by atoms with van der Waals surface area (Å²) in [6.45, 7) is 0. The molecule has 0 aliphatic rings. The standard InChI is InChI=1S/C14H10F4N2O/c15-8-6-9(16)13(18)14(12(8)17)20-11(21)5-7-3-1-2-4-10(7)19/h1-4,6H,5,19H2,(H,20,21).